The molecule has 0 amide bonds. The van der Waals surface area contributed by atoms with E-state index in [0.717, 1.165) is 16.6 Å². The van der Waals surface area contributed by atoms with Gasteiger partial charge in [0.1, 0.15) is 16.8 Å². The van der Waals surface area contributed by atoms with E-state index in [1.165, 1.54) is 31.4 Å². The molecule has 166 valence electrons. The summed E-state index contributed by atoms with van der Waals surface area (Å²) in [5.74, 6) is 0.363. The minimum Gasteiger partial charge on any atom is -0.493 e. The van der Waals surface area contributed by atoms with Crippen LogP contribution in [0.15, 0.2) is 65.6 Å². The molecule has 0 aliphatic carbocycles. The summed E-state index contributed by atoms with van der Waals surface area (Å²) in [6.45, 7) is 1.85. The number of nitrogens with one attached hydrogen (secondary N) is 1. The lowest BCUT2D eigenvalue weighted by Gasteiger charge is -2.13. The van der Waals surface area contributed by atoms with Crippen LogP contribution in [0.2, 0.25) is 5.02 Å². The maximum absolute atomic E-state index is 12.7. The number of hydrogen-bond donors (Lipinski definition) is 1. The van der Waals surface area contributed by atoms with Gasteiger partial charge in [0.2, 0.25) is 5.75 Å². The van der Waals surface area contributed by atoms with E-state index in [1.54, 1.807) is 18.2 Å². The monoisotopic (exact) mass is 479 g/mol. The number of ether oxygens (including phenoxy) is 1. The van der Waals surface area contributed by atoms with Crippen LogP contribution in [0.4, 0.5) is 0 Å². The number of H-pyrrole nitrogens is 1. The molecule has 7 nitrogen and oxygen atoms in total. The van der Waals surface area contributed by atoms with Crippen molar-refractivity contribution >= 4 is 44.4 Å². The van der Waals surface area contributed by atoms with Gasteiger partial charge in [0, 0.05) is 0 Å². The van der Waals surface area contributed by atoms with Crippen molar-refractivity contribution < 1.29 is 17.3 Å². The molecular weight excluding hydrogens is 462 g/mol. The van der Waals surface area contributed by atoms with Gasteiger partial charge in [0.05, 0.1) is 28.7 Å². The fraction of sp³-hybridized carbons (Fsp3) is 0.0833. The molecule has 1 N–H and O–H groups in total. The number of halogens is 1. The van der Waals surface area contributed by atoms with Crippen molar-refractivity contribution in [2.45, 2.75) is 11.8 Å². The average molecular weight is 480 g/mol. The van der Waals surface area contributed by atoms with Crippen molar-refractivity contribution in [3.8, 4) is 17.6 Å². The van der Waals surface area contributed by atoms with E-state index in [2.05, 4.69) is 16.0 Å². The predicted molar refractivity (Wildman–Crippen MR) is 127 cm³/mol. The highest BCUT2D eigenvalue weighted by molar-refractivity contribution is 7.87. The summed E-state index contributed by atoms with van der Waals surface area (Å²) in [5.41, 5.74) is 3.22. The zero-order valence-electron chi connectivity index (χ0n) is 17.7. The average Bonchev–Trinajstić information content (AvgIpc) is 3.23. The van der Waals surface area contributed by atoms with E-state index < -0.39 is 10.1 Å². The topological polar surface area (TPSA) is 105 Å². The van der Waals surface area contributed by atoms with Crippen LogP contribution in [-0.4, -0.2) is 25.5 Å². The Kier molecular flexibility index (Phi) is 6.09. The molecule has 1 heterocycles. The van der Waals surface area contributed by atoms with Gasteiger partial charge in [-0.05, 0) is 55.0 Å². The quantitative estimate of drug-likeness (QED) is 0.294. The second-order valence-corrected chi connectivity index (χ2v) is 9.11. The molecule has 0 unspecified atom stereocenters. The lowest BCUT2D eigenvalue weighted by Crippen LogP contribution is -2.11. The van der Waals surface area contributed by atoms with Crippen molar-refractivity contribution in [1.29, 1.82) is 5.26 Å². The van der Waals surface area contributed by atoms with E-state index in [0.29, 0.717) is 11.4 Å². The van der Waals surface area contributed by atoms with Crippen molar-refractivity contribution in [3.05, 3.63) is 82.6 Å². The van der Waals surface area contributed by atoms with Crippen molar-refractivity contribution in [1.82, 2.24) is 9.97 Å². The van der Waals surface area contributed by atoms with Crippen molar-refractivity contribution in [2.75, 3.05) is 7.11 Å². The summed E-state index contributed by atoms with van der Waals surface area (Å²) >= 11 is 6.36. The Labute approximate surface area is 196 Å². The molecule has 0 saturated carbocycles. The van der Waals surface area contributed by atoms with Crippen LogP contribution in [0.1, 0.15) is 17.0 Å². The molecule has 4 aromatic rings. The van der Waals surface area contributed by atoms with Gasteiger partial charge < -0.3 is 13.9 Å². The molecule has 0 atom stereocenters. The Morgan fingerprint density at radius 3 is 2.55 bits per heavy atom. The van der Waals surface area contributed by atoms with Crippen molar-refractivity contribution in [2.24, 2.45) is 0 Å². The van der Waals surface area contributed by atoms with Crippen LogP contribution in [0, 0.1) is 18.3 Å². The van der Waals surface area contributed by atoms with Crippen LogP contribution in [0.25, 0.3) is 22.7 Å². The molecule has 0 spiro atoms. The number of benzene rings is 3. The predicted octanol–water partition coefficient (Wildman–Crippen LogP) is 5.37. The first-order valence-corrected chi connectivity index (χ1v) is 11.5. The first-order chi connectivity index (χ1) is 15.8. The van der Waals surface area contributed by atoms with Crippen LogP contribution in [0.3, 0.4) is 0 Å². The number of imidazole rings is 1. The van der Waals surface area contributed by atoms with Crippen LogP contribution in [0.5, 0.6) is 11.5 Å². The highest BCUT2D eigenvalue weighted by Gasteiger charge is 2.22. The number of methoxy groups -OCH3 is 1. The first kappa shape index (κ1) is 22.4. The number of para-hydroxylation sites is 2. The van der Waals surface area contributed by atoms with Gasteiger partial charge in [-0.15, -0.1) is 0 Å². The molecule has 4 rings (SSSR count). The third-order valence-corrected chi connectivity index (χ3v) is 6.35. The largest absolute Gasteiger partial charge is 0.493 e. The van der Waals surface area contributed by atoms with Crippen LogP contribution in [-0.2, 0) is 10.1 Å². The Morgan fingerprint density at radius 2 is 1.88 bits per heavy atom. The highest BCUT2D eigenvalue weighted by Crippen LogP contribution is 2.39. The van der Waals surface area contributed by atoms with Crippen LogP contribution < -0.4 is 8.92 Å². The van der Waals surface area contributed by atoms with E-state index in [1.807, 2.05) is 31.2 Å². The zero-order chi connectivity index (χ0) is 23.6. The fourth-order valence-corrected chi connectivity index (χ4v) is 4.43. The van der Waals surface area contributed by atoms with Gasteiger partial charge in [-0.1, -0.05) is 41.4 Å². The summed E-state index contributed by atoms with van der Waals surface area (Å²) in [5, 5.41) is 9.68. The molecule has 0 saturated heterocycles. The molecule has 1 aromatic heterocycles. The SMILES string of the molecule is COc1cc(/C=C(\C#N)c2nc3ccccc3[nH]2)cc(Cl)c1OS(=O)(=O)c1ccc(C)cc1. The maximum atomic E-state index is 12.7. The Bertz CT molecular complexity index is 1480. The maximum Gasteiger partial charge on any atom is 0.339 e. The number of hydrogen-bond acceptors (Lipinski definition) is 6. The first-order valence-electron chi connectivity index (χ1n) is 9.76. The van der Waals surface area contributed by atoms with E-state index >= 15 is 0 Å². The van der Waals surface area contributed by atoms with E-state index in [4.69, 9.17) is 20.5 Å². The summed E-state index contributed by atoms with van der Waals surface area (Å²) in [6.07, 6.45) is 1.57. The molecule has 33 heavy (non-hydrogen) atoms. The fourth-order valence-electron chi connectivity index (χ4n) is 3.17. The molecule has 0 radical (unpaired) electrons. The van der Waals surface area contributed by atoms with Gasteiger partial charge in [0.15, 0.2) is 5.75 Å². The summed E-state index contributed by atoms with van der Waals surface area (Å²) in [7, 11) is -2.76. The number of aryl methyl sites for hydroxylation is 1. The number of aromatic amines is 1. The third-order valence-electron chi connectivity index (χ3n) is 4.83. The Hall–Kier alpha value is -3.80. The third kappa shape index (κ3) is 4.70. The van der Waals surface area contributed by atoms with E-state index in [-0.39, 0.29) is 27.0 Å². The molecule has 0 aliphatic heterocycles. The highest BCUT2D eigenvalue weighted by atomic mass is 35.5. The number of nitriles is 1. The molecule has 3 aromatic carbocycles. The Morgan fingerprint density at radius 1 is 1.15 bits per heavy atom. The molecule has 0 fully saturated rings. The smallest absolute Gasteiger partial charge is 0.339 e. The lowest BCUT2D eigenvalue weighted by molar-refractivity contribution is 0.390. The lowest BCUT2D eigenvalue weighted by atomic mass is 10.1. The van der Waals surface area contributed by atoms with Crippen LogP contribution >= 0.6 is 11.6 Å². The number of nitrogens with zero attached hydrogens (tertiary/aromatic N) is 2. The number of rotatable bonds is 6. The van der Waals surface area contributed by atoms with Gasteiger partial charge in [-0.2, -0.15) is 13.7 Å². The van der Waals surface area contributed by atoms with Gasteiger partial charge in [-0.3, -0.25) is 0 Å². The number of allylic oxidation sites excluding steroid dienone is 1. The molecular formula is C24H18ClN3O4S. The van der Waals surface area contributed by atoms with Gasteiger partial charge in [0.25, 0.3) is 0 Å². The minimum atomic E-state index is -4.13. The standard InChI is InChI=1S/C24H18ClN3O4S/c1-15-7-9-18(10-8-15)33(29,30)32-23-19(25)12-16(13-22(23)31-2)11-17(14-26)24-27-20-5-3-4-6-21(20)28-24/h3-13H,1-2H3,(H,27,28)/b17-11+. The molecule has 9 heteroatoms. The summed E-state index contributed by atoms with van der Waals surface area (Å²) in [6, 6.07) is 18.8. The molecule has 0 bridgehead atoms. The number of aromatic nitrogens is 2. The normalized spacial score (nSPS) is 11.9. The van der Waals surface area contributed by atoms with Crippen molar-refractivity contribution in [3.63, 3.8) is 0 Å². The minimum absolute atomic E-state index is 0.00755. The Balaban J connectivity index is 1.71. The van der Waals surface area contributed by atoms with E-state index in [9.17, 15) is 13.7 Å². The zero-order valence-corrected chi connectivity index (χ0v) is 19.2. The summed E-state index contributed by atoms with van der Waals surface area (Å²) < 4.78 is 36.0. The summed E-state index contributed by atoms with van der Waals surface area (Å²) in [4.78, 5) is 7.53. The number of fused-ring (bicyclic) bond motifs is 1. The molecule has 0 aliphatic rings. The van der Waals surface area contributed by atoms with Gasteiger partial charge in [-0.25, -0.2) is 4.98 Å². The second kappa shape index (κ2) is 8.98. The van der Waals surface area contributed by atoms with Gasteiger partial charge >= 0.3 is 10.1 Å². The second-order valence-electron chi connectivity index (χ2n) is 7.16.